The van der Waals surface area contributed by atoms with E-state index in [0.717, 1.165) is 16.8 Å². The van der Waals surface area contributed by atoms with Crippen LogP contribution in [0.2, 0.25) is 0 Å². The summed E-state index contributed by atoms with van der Waals surface area (Å²) < 4.78 is 5.05. The fraction of sp³-hybridized carbons (Fsp3) is 0.333. The van der Waals surface area contributed by atoms with E-state index in [1.165, 1.54) is 11.3 Å². The molecule has 2 rings (SSSR count). The molecule has 0 aliphatic carbocycles. The summed E-state index contributed by atoms with van der Waals surface area (Å²) in [5, 5.41) is 4.81. The van der Waals surface area contributed by atoms with Gasteiger partial charge < -0.3 is 10.1 Å². The number of pyridine rings is 1. The summed E-state index contributed by atoms with van der Waals surface area (Å²) in [6.45, 7) is 4.71. The van der Waals surface area contributed by atoms with Crippen molar-refractivity contribution in [1.82, 2.24) is 4.98 Å². The number of carbonyl (C=O) groups is 1. The smallest absolute Gasteiger partial charge is 0.265 e. The summed E-state index contributed by atoms with van der Waals surface area (Å²) in [6, 6.07) is 3.81. The monoisotopic (exact) mass is 290 g/mol. The molecular formula is C15H18N2O2S. The van der Waals surface area contributed by atoms with Gasteiger partial charge in [-0.2, -0.15) is 0 Å². The lowest BCUT2D eigenvalue weighted by Gasteiger charge is -2.08. The Kier molecular flexibility index (Phi) is 4.87. The van der Waals surface area contributed by atoms with Crippen LogP contribution in [-0.2, 0) is 11.3 Å². The van der Waals surface area contributed by atoms with Crippen molar-refractivity contribution in [2.75, 3.05) is 12.4 Å². The number of nitrogens with one attached hydrogen (secondary N) is 1. The molecule has 0 fully saturated rings. The third-order valence-electron chi connectivity index (χ3n) is 2.87. The Balaban J connectivity index is 2.08. The van der Waals surface area contributed by atoms with Gasteiger partial charge in [0.05, 0.1) is 23.4 Å². The molecule has 0 atom stereocenters. The first kappa shape index (κ1) is 14.7. The zero-order chi connectivity index (χ0) is 14.5. The van der Waals surface area contributed by atoms with Gasteiger partial charge in [0.1, 0.15) is 0 Å². The minimum atomic E-state index is -0.111. The molecule has 0 aromatic carbocycles. The molecular weight excluding hydrogens is 272 g/mol. The third kappa shape index (κ3) is 3.65. The summed E-state index contributed by atoms with van der Waals surface area (Å²) in [6.07, 6.45) is 3.48. The van der Waals surface area contributed by atoms with Gasteiger partial charge in [0, 0.05) is 13.3 Å². The molecule has 0 radical (unpaired) electrons. The predicted octanol–water partition coefficient (Wildman–Crippen LogP) is 3.67. The van der Waals surface area contributed by atoms with E-state index in [2.05, 4.69) is 24.1 Å². The maximum atomic E-state index is 12.1. The second-order valence-corrected chi connectivity index (χ2v) is 5.78. The van der Waals surface area contributed by atoms with Crippen LogP contribution < -0.4 is 5.32 Å². The van der Waals surface area contributed by atoms with E-state index < -0.39 is 0 Å². The molecule has 0 bridgehead atoms. The molecule has 0 saturated carbocycles. The quantitative estimate of drug-likeness (QED) is 0.914. The number of ether oxygens (including phenoxy) is 1. The summed E-state index contributed by atoms with van der Waals surface area (Å²) >= 11 is 1.41. The van der Waals surface area contributed by atoms with Gasteiger partial charge in [-0.3, -0.25) is 9.78 Å². The number of thiophene rings is 1. The van der Waals surface area contributed by atoms with Crippen LogP contribution >= 0.6 is 11.3 Å². The third-order valence-corrected chi connectivity index (χ3v) is 3.85. The average Bonchev–Trinajstić information content (AvgIpc) is 2.88. The highest BCUT2D eigenvalue weighted by molar-refractivity contribution is 7.12. The van der Waals surface area contributed by atoms with Crippen LogP contribution in [0.3, 0.4) is 0 Å². The van der Waals surface area contributed by atoms with Crippen LogP contribution in [0.5, 0.6) is 0 Å². The Labute approximate surface area is 122 Å². The Morgan fingerprint density at radius 1 is 1.40 bits per heavy atom. The number of hydrogen-bond acceptors (Lipinski definition) is 4. The molecule has 20 heavy (non-hydrogen) atoms. The molecule has 0 aliphatic heterocycles. The van der Waals surface area contributed by atoms with E-state index in [9.17, 15) is 4.79 Å². The first-order valence-electron chi connectivity index (χ1n) is 6.42. The van der Waals surface area contributed by atoms with Crippen LogP contribution in [-0.4, -0.2) is 18.0 Å². The maximum absolute atomic E-state index is 12.1. The summed E-state index contributed by atoms with van der Waals surface area (Å²) in [5.41, 5.74) is 2.84. The van der Waals surface area contributed by atoms with E-state index in [-0.39, 0.29) is 5.91 Å². The van der Waals surface area contributed by atoms with Gasteiger partial charge in [-0.05, 0) is 34.6 Å². The zero-order valence-electron chi connectivity index (χ0n) is 11.8. The van der Waals surface area contributed by atoms with Crippen molar-refractivity contribution < 1.29 is 9.53 Å². The lowest BCUT2D eigenvalue weighted by Crippen LogP contribution is -2.10. The van der Waals surface area contributed by atoms with Crippen molar-refractivity contribution in [3.05, 3.63) is 45.9 Å². The Bertz CT molecular complexity index is 593. The highest BCUT2D eigenvalue weighted by atomic mass is 32.1. The maximum Gasteiger partial charge on any atom is 0.265 e. The Hall–Kier alpha value is -1.72. The van der Waals surface area contributed by atoms with Crippen molar-refractivity contribution >= 4 is 22.9 Å². The normalized spacial score (nSPS) is 10.8. The fourth-order valence-corrected chi connectivity index (χ4v) is 2.56. The van der Waals surface area contributed by atoms with Crippen LogP contribution in [0.4, 0.5) is 5.69 Å². The molecule has 0 spiro atoms. The highest BCUT2D eigenvalue weighted by Crippen LogP contribution is 2.20. The van der Waals surface area contributed by atoms with Crippen molar-refractivity contribution in [1.29, 1.82) is 0 Å². The van der Waals surface area contributed by atoms with E-state index in [0.29, 0.717) is 17.4 Å². The highest BCUT2D eigenvalue weighted by Gasteiger charge is 2.10. The van der Waals surface area contributed by atoms with Gasteiger partial charge in [-0.25, -0.2) is 0 Å². The van der Waals surface area contributed by atoms with Gasteiger partial charge >= 0.3 is 0 Å². The number of methoxy groups -OCH3 is 1. The number of amides is 1. The van der Waals surface area contributed by atoms with Crippen LogP contribution in [0.25, 0.3) is 0 Å². The Morgan fingerprint density at radius 2 is 2.20 bits per heavy atom. The molecule has 5 heteroatoms. The van der Waals surface area contributed by atoms with Gasteiger partial charge in [0.2, 0.25) is 0 Å². The lowest BCUT2D eigenvalue weighted by atomic mass is 10.1. The van der Waals surface area contributed by atoms with E-state index in [1.807, 2.05) is 23.7 Å². The summed E-state index contributed by atoms with van der Waals surface area (Å²) in [4.78, 5) is 17.0. The summed E-state index contributed by atoms with van der Waals surface area (Å²) in [7, 11) is 1.64. The van der Waals surface area contributed by atoms with Crippen molar-refractivity contribution in [3.8, 4) is 0 Å². The topological polar surface area (TPSA) is 51.2 Å². The number of aromatic nitrogens is 1. The second kappa shape index (κ2) is 6.63. The van der Waals surface area contributed by atoms with Gasteiger partial charge in [-0.1, -0.05) is 13.8 Å². The molecule has 0 aliphatic rings. The largest absolute Gasteiger partial charge is 0.380 e. The molecule has 1 amide bonds. The van der Waals surface area contributed by atoms with E-state index >= 15 is 0 Å². The average molecular weight is 290 g/mol. The molecule has 1 N–H and O–H groups in total. The number of anilines is 1. The predicted molar refractivity (Wildman–Crippen MR) is 81.3 cm³/mol. The van der Waals surface area contributed by atoms with Gasteiger partial charge in [-0.15, -0.1) is 11.3 Å². The van der Waals surface area contributed by atoms with E-state index in [1.54, 1.807) is 13.3 Å². The second-order valence-electron chi connectivity index (χ2n) is 4.87. The van der Waals surface area contributed by atoms with Crippen molar-refractivity contribution in [2.24, 2.45) is 0 Å². The fourth-order valence-electron chi connectivity index (χ4n) is 1.77. The molecule has 2 aromatic rings. The SMILES string of the molecule is COCc1csc(C(=O)Nc2cncc(C(C)C)c2)c1. The molecule has 2 aromatic heterocycles. The molecule has 2 heterocycles. The first-order chi connectivity index (χ1) is 9.60. The minimum absolute atomic E-state index is 0.111. The van der Waals surface area contributed by atoms with Crippen LogP contribution in [0.1, 0.15) is 40.6 Å². The Morgan fingerprint density at radius 3 is 2.90 bits per heavy atom. The number of nitrogens with zero attached hydrogens (tertiary/aromatic N) is 1. The van der Waals surface area contributed by atoms with Gasteiger partial charge in [0.15, 0.2) is 0 Å². The molecule has 106 valence electrons. The van der Waals surface area contributed by atoms with Crippen LogP contribution in [0.15, 0.2) is 29.9 Å². The van der Waals surface area contributed by atoms with Crippen LogP contribution in [0, 0.1) is 0 Å². The van der Waals surface area contributed by atoms with Crippen molar-refractivity contribution in [2.45, 2.75) is 26.4 Å². The van der Waals surface area contributed by atoms with Gasteiger partial charge in [0.25, 0.3) is 5.91 Å². The first-order valence-corrected chi connectivity index (χ1v) is 7.30. The number of carbonyl (C=O) groups excluding carboxylic acids is 1. The molecule has 0 saturated heterocycles. The molecule has 4 nitrogen and oxygen atoms in total. The lowest BCUT2D eigenvalue weighted by molar-refractivity contribution is 0.103. The minimum Gasteiger partial charge on any atom is -0.380 e. The number of rotatable bonds is 5. The standard InChI is InChI=1S/C15H18N2O2S/c1-10(2)12-5-13(7-16-6-12)17-15(18)14-4-11(8-19-3)9-20-14/h4-7,9-10H,8H2,1-3H3,(H,17,18). The zero-order valence-corrected chi connectivity index (χ0v) is 12.7. The summed E-state index contributed by atoms with van der Waals surface area (Å²) in [5.74, 6) is 0.273. The molecule has 0 unspecified atom stereocenters. The van der Waals surface area contributed by atoms with E-state index in [4.69, 9.17) is 4.74 Å². The van der Waals surface area contributed by atoms with Crippen molar-refractivity contribution in [3.63, 3.8) is 0 Å². The number of hydrogen-bond donors (Lipinski definition) is 1.